The van der Waals surface area contributed by atoms with Crippen molar-refractivity contribution in [2.45, 2.75) is 25.9 Å². The zero-order valence-electron chi connectivity index (χ0n) is 13.0. The number of aryl methyl sites for hydroxylation is 1. The van der Waals surface area contributed by atoms with Gasteiger partial charge in [-0.15, -0.1) is 0 Å². The highest BCUT2D eigenvalue weighted by atomic mass is 16.5. The van der Waals surface area contributed by atoms with E-state index in [0.29, 0.717) is 11.5 Å². The van der Waals surface area contributed by atoms with E-state index in [4.69, 9.17) is 10.00 Å². The second kappa shape index (κ2) is 7.07. The summed E-state index contributed by atoms with van der Waals surface area (Å²) < 4.78 is 5.60. The number of anilines is 3. The monoisotopic (exact) mass is 309 g/mol. The van der Waals surface area contributed by atoms with Crippen LogP contribution in [-0.2, 0) is 4.74 Å². The third kappa shape index (κ3) is 4.18. The molecule has 2 heterocycles. The Kier molecular flexibility index (Phi) is 4.69. The van der Waals surface area contributed by atoms with E-state index in [1.807, 2.05) is 25.1 Å². The summed E-state index contributed by atoms with van der Waals surface area (Å²) >= 11 is 0. The van der Waals surface area contributed by atoms with Crippen LogP contribution in [0.5, 0.6) is 0 Å². The van der Waals surface area contributed by atoms with Crippen LogP contribution in [-0.4, -0.2) is 29.2 Å². The van der Waals surface area contributed by atoms with Gasteiger partial charge in [-0.2, -0.15) is 10.2 Å². The van der Waals surface area contributed by atoms with Crippen molar-refractivity contribution in [3.63, 3.8) is 0 Å². The van der Waals surface area contributed by atoms with Gasteiger partial charge in [0.25, 0.3) is 0 Å². The van der Waals surface area contributed by atoms with Crippen molar-refractivity contribution in [3.05, 3.63) is 41.6 Å². The molecule has 1 aromatic carbocycles. The van der Waals surface area contributed by atoms with Gasteiger partial charge < -0.3 is 15.4 Å². The molecule has 0 saturated carbocycles. The molecule has 0 spiro atoms. The Labute approximate surface area is 135 Å². The molecule has 2 N–H and O–H groups in total. The topological polar surface area (TPSA) is 82.9 Å². The molecular weight excluding hydrogens is 290 g/mol. The van der Waals surface area contributed by atoms with Gasteiger partial charge in [0, 0.05) is 30.6 Å². The fourth-order valence-electron chi connectivity index (χ4n) is 2.50. The molecule has 0 aliphatic carbocycles. The summed E-state index contributed by atoms with van der Waals surface area (Å²) in [5, 5.41) is 15.3. The molecule has 0 amide bonds. The SMILES string of the molecule is Cc1cc(NCC2CCCO2)nc(Nc2ccc(C#N)cc2)n1. The highest BCUT2D eigenvalue weighted by Gasteiger charge is 2.15. The molecule has 1 saturated heterocycles. The Morgan fingerprint density at radius 2 is 2.13 bits per heavy atom. The van der Waals surface area contributed by atoms with Crippen LogP contribution in [0.4, 0.5) is 17.5 Å². The molecule has 6 nitrogen and oxygen atoms in total. The number of nitrogens with one attached hydrogen (secondary N) is 2. The number of rotatable bonds is 5. The summed E-state index contributed by atoms with van der Waals surface area (Å²) in [6.07, 6.45) is 2.48. The average Bonchev–Trinajstić information content (AvgIpc) is 3.07. The van der Waals surface area contributed by atoms with Crippen molar-refractivity contribution in [3.8, 4) is 6.07 Å². The molecule has 1 aliphatic rings. The van der Waals surface area contributed by atoms with E-state index in [9.17, 15) is 0 Å². The quantitative estimate of drug-likeness (QED) is 0.883. The molecule has 1 aromatic heterocycles. The molecule has 1 fully saturated rings. The van der Waals surface area contributed by atoms with Gasteiger partial charge in [0.1, 0.15) is 5.82 Å². The van der Waals surface area contributed by atoms with E-state index < -0.39 is 0 Å². The van der Waals surface area contributed by atoms with Crippen molar-refractivity contribution >= 4 is 17.5 Å². The normalized spacial score (nSPS) is 16.8. The Morgan fingerprint density at radius 1 is 1.30 bits per heavy atom. The van der Waals surface area contributed by atoms with Gasteiger partial charge in [-0.05, 0) is 44.0 Å². The predicted octanol–water partition coefficient (Wildman–Crippen LogP) is 2.99. The van der Waals surface area contributed by atoms with Crippen molar-refractivity contribution in [1.29, 1.82) is 5.26 Å². The lowest BCUT2D eigenvalue weighted by Gasteiger charge is -2.13. The molecule has 0 radical (unpaired) electrons. The van der Waals surface area contributed by atoms with Crippen LogP contribution in [0.2, 0.25) is 0 Å². The van der Waals surface area contributed by atoms with E-state index in [2.05, 4.69) is 26.7 Å². The fraction of sp³-hybridized carbons (Fsp3) is 0.353. The molecule has 1 atom stereocenters. The van der Waals surface area contributed by atoms with Crippen LogP contribution in [0.1, 0.15) is 24.1 Å². The maximum absolute atomic E-state index is 8.83. The van der Waals surface area contributed by atoms with E-state index in [1.165, 1.54) is 0 Å². The van der Waals surface area contributed by atoms with Gasteiger partial charge in [0.05, 0.1) is 17.7 Å². The smallest absolute Gasteiger partial charge is 0.229 e. The Morgan fingerprint density at radius 3 is 2.83 bits per heavy atom. The number of hydrogen-bond acceptors (Lipinski definition) is 6. The molecule has 2 aromatic rings. The third-order valence-corrected chi connectivity index (χ3v) is 3.66. The summed E-state index contributed by atoms with van der Waals surface area (Å²) in [5.74, 6) is 1.31. The first-order chi connectivity index (χ1) is 11.2. The number of hydrogen-bond donors (Lipinski definition) is 2. The fourth-order valence-corrected chi connectivity index (χ4v) is 2.50. The molecule has 1 unspecified atom stereocenters. The zero-order chi connectivity index (χ0) is 16.1. The average molecular weight is 309 g/mol. The number of ether oxygens (including phenoxy) is 1. The maximum Gasteiger partial charge on any atom is 0.229 e. The van der Waals surface area contributed by atoms with Crippen molar-refractivity contribution < 1.29 is 4.74 Å². The van der Waals surface area contributed by atoms with Gasteiger partial charge in [-0.3, -0.25) is 0 Å². The molecule has 118 valence electrons. The number of nitrogens with zero attached hydrogens (tertiary/aromatic N) is 3. The first-order valence-corrected chi connectivity index (χ1v) is 7.71. The maximum atomic E-state index is 8.83. The molecule has 23 heavy (non-hydrogen) atoms. The first-order valence-electron chi connectivity index (χ1n) is 7.71. The van der Waals surface area contributed by atoms with Gasteiger partial charge in [-0.25, -0.2) is 4.98 Å². The first kappa shape index (κ1) is 15.3. The number of nitriles is 1. The predicted molar refractivity (Wildman–Crippen MR) is 88.7 cm³/mol. The number of benzene rings is 1. The van der Waals surface area contributed by atoms with Crippen LogP contribution in [0.15, 0.2) is 30.3 Å². The summed E-state index contributed by atoms with van der Waals surface area (Å²) in [6.45, 7) is 3.54. The van der Waals surface area contributed by atoms with Crippen LogP contribution < -0.4 is 10.6 Å². The highest BCUT2D eigenvalue weighted by Crippen LogP contribution is 2.17. The zero-order valence-corrected chi connectivity index (χ0v) is 13.0. The number of aromatic nitrogens is 2. The van der Waals surface area contributed by atoms with Gasteiger partial charge in [0.15, 0.2) is 0 Å². The van der Waals surface area contributed by atoms with E-state index in [0.717, 1.165) is 43.2 Å². The Hall–Kier alpha value is -2.65. The minimum atomic E-state index is 0.264. The van der Waals surface area contributed by atoms with Crippen LogP contribution in [0.25, 0.3) is 0 Å². The minimum absolute atomic E-state index is 0.264. The van der Waals surface area contributed by atoms with Crippen LogP contribution >= 0.6 is 0 Å². The Bertz CT molecular complexity index is 702. The molecule has 3 rings (SSSR count). The molecular formula is C17H19N5O. The van der Waals surface area contributed by atoms with Crippen LogP contribution in [0, 0.1) is 18.3 Å². The lowest BCUT2D eigenvalue weighted by molar-refractivity contribution is 0.120. The van der Waals surface area contributed by atoms with E-state index in [1.54, 1.807) is 12.1 Å². The van der Waals surface area contributed by atoms with Gasteiger partial charge >= 0.3 is 0 Å². The Balaban J connectivity index is 1.67. The molecule has 6 heteroatoms. The molecule has 1 aliphatic heterocycles. The minimum Gasteiger partial charge on any atom is -0.376 e. The molecule has 0 bridgehead atoms. The summed E-state index contributed by atoms with van der Waals surface area (Å²) in [7, 11) is 0. The second-order valence-corrected chi connectivity index (χ2v) is 5.55. The van der Waals surface area contributed by atoms with E-state index >= 15 is 0 Å². The largest absolute Gasteiger partial charge is 0.376 e. The lowest BCUT2D eigenvalue weighted by Crippen LogP contribution is -2.19. The summed E-state index contributed by atoms with van der Waals surface area (Å²) in [4.78, 5) is 8.87. The van der Waals surface area contributed by atoms with E-state index in [-0.39, 0.29) is 6.10 Å². The summed E-state index contributed by atoms with van der Waals surface area (Å²) in [6, 6.07) is 11.2. The summed E-state index contributed by atoms with van der Waals surface area (Å²) in [5.41, 5.74) is 2.35. The van der Waals surface area contributed by atoms with Crippen molar-refractivity contribution in [2.24, 2.45) is 0 Å². The third-order valence-electron chi connectivity index (χ3n) is 3.66. The van der Waals surface area contributed by atoms with Crippen molar-refractivity contribution in [1.82, 2.24) is 9.97 Å². The van der Waals surface area contributed by atoms with Crippen molar-refractivity contribution in [2.75, 3.05) is 23.8 Å². The van der Waals surface area contributed by atoms with Crippen LogP contribution in [0.3, 0.4) is 0 Å². The highest BCUT2D eigenvalue weighted by molar-refractivity contribution is 5.56. The second-order valence-electron chi connectivity index (χ2n) is 5.55. The lowest BCUT2D eigenvalue weighted by atomic mass is 10.2. The standard InChI is InChI=1S/C17H19N5O/c1-12-9-16(19-11-15-3-2-8-23-15)22-17(20-12)21-14-6-4-13(10-18)5-7-14/h4-7,9,15H,2-3,8,11H2,1H3,(H2,19,20,21,22). The van der Waals surface area contributed by atoms with Gasteiger partial charge in [-0.1, -0.05) is 0 Å². The van der Waals surface area contributed by atoms with Gasteiger partial charge in [0.2, 0.25) is 5.95 Å².